The highest BCUT2D eigenvalue weighted by molar-refractivity contribution is 6.22. The molecule has 0 saturated heterocycles. The number of benzene rings is 2. The van der Waals surface area contributed by atoms with Gasteiger partial charge in [0.25, 0.3) is 17.7 Å². The molecular weight excluding hydrogens is 356 g/mol. The Morgan fingerprint density at radius 3 is 2.57 bits per heavy atom. The molecule has 6 heteroatoms. The normalized spacial score (nSPS) is 13.0. The minimum atomic E-state index is -0.365. The summed E-state index contributed by atoms with van der Waals surface area (Å²) in [6.45, 7) is 4.74. The van der Waals surface area contributed by atoms with Gasteiger partial charge in [0.1, 0.15) is 0 Å². The molecule has 0 unspecified atom stereocenters. The van der Waals surface area contributed by atoms with Gasteiger partial charge in [-0.3, -0.25) is 19.3 Å². The van der Waals surface area contributed by atoms with Crippen molar-refractivity contribution in [3.05, 3.63) is 64.2 Å². The van der Waals surface area contributed by atoms with Gasteiger partial charge in [-0.15, -0.1) is 0 Å². The third kappa shape index (κ3) is 3.68. The minimum absolute atomic E-state index is 0.274. The van der Waals surface area contributed by atoms with E-state index in [9.17, 15) is 14.4 Å². The van der Waals surface area contributed by atoms with Crippen molar-refractivity contribution in [1.29, 1.82) is 0 Å². The number of ether oxygens (including phenoxy) is 1. The van der Waals surface area contributed by atoms with Gasteiger partial charge >= 0.3 is 0 Å². The third-order valence-corrected chi connectivity index (χ3v) is 4.94. The number of carbonyl (C=O) groups excluding carboxylic acids is 3. The maximum Gasteiger partial charge on any atom is 0.261 e. The zero-order valence-corrected chi connectivity index (χ0v) is 16.4. The molecule has 0 radical (unpaired) electrons. The average molecular weight is 380 g/mol. The molecule has 3 amide bonds. The van der Waals surface area contributed by atoms with E-state index in [2.05, 4.69) is 5.32 Å². The van der Waals surface area contributed by atoms with Gasteiger partial charge in [-0.25, -0.2) is 0 Å². The zero-order chi connectivity index (χ0) is 20.3. The molecule has 1 aliphatic heterocycles. The van der Waals surface area contributed by atoms with Gasteiger partial charge in [0, 0.05) is 31.5 Å². The van der Waals surface area contributed by atoms with Crippen LogP contribution in [0, 0.1) is 6.92 Å². The molecule has 0 fully saturated rings. The van der Waals surface area contributed by atoms with Gasteiger partial charge < -0.3 is 10.1 Å². The van der Waals surface area contributed by atoms with Crippen LogP contribution in [0.15, 0.2) is 36.4 Å². The number of aryl methyl sites for hydroxylation is 2. The van der Waals surface area contributed by atoms with Crippen LogP contribution >= 0.6 is 0 Å². The van der Waals surface area contributed by atoms with Crippen molar-refractivity contribution in [1.82, 2.24) is 4.90 Å². The van der Waals surface area contributed by atoms with E-state index in [0.29, 0.717) is 30.7 Å². The fraction of sp³-hybridized carbons (Fsp3) is 0.318. The number of hydrogen-bond acceptors (Lipinski definition) is 4. The van der Waals surface area contributed by atoms with Crippen molar-refractivity contribution >= 4 is 23.4 Å². The number of anilines is 1. The van der Waals surface area contributed by atoms with E-state index < -0.39 is 0 Å². The fourth-order valence-electron chi connectivity index (χ4n) is 3.39. The third-order valence-electron chi connectivity index (χ3n) is 4.94. The lowest BCUT2D eigenvalue weighted by Gasteiger charge is -2.13. The summed E-state index contributed by atoms with van der Waals surface area (Å²) >= 11 is 0. The monoisotopic (exact) mass is 380 g/mol. The van der Waals surface area contributed by atoms with Crippen LogP contribution in [-0.2, 0) is 11.2 Å². The molecule has 3 rings (SSSR count). The Kier molecular flexibility index (Phi) is 5.90. The van der Waals surface area contributed by atoms with Crippen LogP contribution < -0.4 is 5.32 Å². The lowest BCUT2D eigenvalue weighted by Crippen LogP contribution is -2.31. The van der Waals surface area contributed by atoms with Crippen LogP contribution in [0.25, 0.3) is 0 Å². The molecule has 0 aromatic heterocycles. The van der Waals surface area contributed by atoms with Gasteiger partial charge in [0.2, 0.25) is 0 Å². The molecule has 1 heterocycles. The molecule has 0 spiro atoms. The van der Waals surface area contributed by atoms with Crippen molar-refractivity contribution in [2.24, 2.45) is 0 Å². The fourth-order valence-corrected chi connectivity index (χ4v) is 3.39. The lowest BCUT2D eigenvalue weighted by molar-refractivity contribution is 0.0638. The smallest absolute Gasteiger partial charge is 0.261 e. The number of rotatable bonds is 7. The molecule has 2 aromatic rings. The largest absolute Gasteiger partial charge is 0.385 e. The lowest BCUT2D eigenvalue weighted by atomic mass is 10.0. The Labute approximate surface area is 164 Å². The summed E-state index contributed by atoms with van der Waals surface area (Å²) in [5.41, 5.74) is 3.78. The number of nitrogens with one attached hydrogen (secondary N) is 1. The maximum atomic E-state index is 12.8. The first-order valence-corrected chi connectivity index (χ1v) is 9.37. The standard InChI is InChI=1S/C22H24N2O4/c1-4-15-8-5-7-14(2)19(15)23-20(25)16-9-10-17-18(13-16)22(27)24(21(17)26)11-6-12-28-3/h5,7-10,13H,4,6,11-12H2,1-3H3,(H,23,25). The SMILES string of the molecule is CCc1cccc(C)c1NC(=O)c1ccc2c(c1)C(=O)N(CCCOC)C2=O. The summed E-state index contributed by atoms with van der Waals surface area (Å²) in [5, 5.41) is 2.95. The van der Waals surface area contributed by atoms with Crippen molar-refractivity contribution in [3.8, 4) is 0 Å². The molecule has 146 valence electrons. The molecule has 28 heavy (non-hydrogen) atoms. The van der Waals surface area contributed by atoms with E-state index in [1.54, 1.807) is 19.2 Å². The topological polar surface area (TPSA) is 75.7 Å². The first kappa shape index (κ1) is 19.8. The van der Waals surface area contributed by atoms with Crippen molar-refractivity contribution in [2.45, 2.75) is 26.7 Å². The Hall–Kier alpha value is -2.99. The van der Waals surface area contributed by atoms with Gasteiger partial charge in [-0.2, -0.15) is 0 Å². The predicted molar refractivity (Wildman–Crippen MR) is 107 cm³/mol. The number of amides is 3. The average Bonchev–Trinajstić information content (AvgIpc) is 2.94. The highest BCUT2D eigenvalue weighted by Gasteiger charge is 2.35. The van der Waals surface area contributed by atoms with E-state index >= 15 is 0 Å². The maximum absolute atomic E-state index is 12.8. The number of imide groups is 1. The van der Waals surface area contributed by atoms with E-state index in [0.717, 1.165) is 23.2 Å². The Balaban J connectivity index is 1.83. The van der Waals surface area contributed by atoms with Gasteiger partial charge in [0.05, 0.1) is 11.1 Å². The summed E-state index contributed by atoms with van der Waals surface area (Å²) in [7, 11) is 1.58. The second-order valence-electron chi connectivity index (χ2n) is 6.79. The van der Waals surface area contributed by atoms with Gasteiger partial charge in [0.15, 0.2) is 0 Å². The van der Waals surface area contributed by atoms with Gasteiger partial charge in [-0.05, 0) is 49.1 Å². The number of methoxy groups -OCH3 is 1. The first-order valence-electron chi connectivity index (χ1n) is 9.37. The molecule has 1 N–H and O–H groups in total. The van der Waals surface area contributed by atoms with E-state index in [-0.39, 0.29) is 23.3 Å². The van der Waals surface area contributed by atoms with Crippen LogP contribution in [0.1, 0.15) is 55.5 Å². The second-order valence-corrected chi connectivity index (χ2v) is 6.79. The molecule has 2 aromatic carbocycles. The summed E-state index contributed by atoms with van der Waals surface area (Å²) in [4.78, 5) is 39.1. The molecular formula is C22H24N2O4. The minimum Gasteiger partial charge on any atom is -0.385 e. The van der Waals surface area contributed by atoms with Crippen LogP contribution in [0.3, 0.4) is 0 Å². The number of nitrogens with zero attached hydrogens (tertiary/aromatic N) is 1. The first-order chi connectivity index (χ1) is 13.5. The van der Waals surface area contributed by atoms with Crippen LogP contribution in [0.5, 0.6) is 0 Å². The molecule has 0 atom stereocenters. The zero-order valence-electron chi connectivity index (χ0n) is 16.4. The van der Waals surface area contributed by atoms with E-state index in [1.165, 1.54) is 11.0 Å². The van der Waals surface area contributed by atoms with Gasteiger partial charge in [-0.1, -0.05) is 25.1 Å². The number of hydrogen-bond donors (Lipinski definition) is 1. The number of fused-ring (bicyclic) bond motifs is 1. The Bertz CT molecular complexity index is 936. The predicted octanol–water partition coefficient (Wildman–Crippen LogP) is 3.44. The molecule has 1 aliphatic rings. The van der Waals surface area contributed by atoms with Crippen molar-refractivity contribution in [3.63, 3.8) is 0 Å². The van der Waals surface area contributed by atoms with Crippen LogP contribution in [-0.4, -0.2) is 42.9 Å². The quantitative estimate of drug-likeness (QED) is 0.590. The highest BCUT2D eigenvalue weighted by atomic mass is 16.5. The summed E-state index contributed by atoms with van der Waals surface area (Å²) in [5.74, 6) is -0.990. The molecule has 0 bridgehead atoms. The Morgan fingerprint density at radius 2 is 1.86 bits per heavy atom. The summed E-state index contributed by atoms with van der Waals surface area (Å²) < 4.78 is 4.98. The molecule has 0 aliphatic carbocycles. The van der Waals surface area contributed by atoms with Crippen LogP contribution in [0.2, 0.25) is 0 Å². The van der Waals surface area contributed by atoms with E-state index in [4.69, 9.17) is 4.74 Å². The Morgan fingerprint density at radius 1 is 1.11 bits per heavy atom. The molecule has 6 nitrogen and oxygen atoms in total. The number of carbonyl (C=O) groups is 3. The second kappa shape index (κ2) is 8.35. The highest BCUT2D eigenvalue weighted by Crippen LogP contribution is 2.26. The number of para-hydroxylation sites is 1. The molecule has 0 saturated carbocycles. The summed E-state index contributed by atoms with van der Waals surface area (Å²) in [6, 6.07) is 10.5. The van der Waals surface area contributed by atoms with Crippen LogP contribution in [0.4, 0.5) is 5.69 Å². The van der Waals surface area contributed by atoms with Crippen molar-refractivity contribution in [2.75, 3.05) is 25.6 Å². The summed E-state index contributed by atoms with van der Waals surface area (Å²) in [6.07, 6.45) is 1.37. The van der Waals surface area contributed by atoms with E-state index in [1.807, 2.05) is 32.0 Å². The van der Waals surface area contributed by atoms with Crippen molar-refractivity contribution < 1.29 is 19.1 Å².